The van der Waals surface area contributed by atoms with E-state index in [-0.39, 0.29) is 19.4 Å². The second kappa shape index (κ2) is 12.7. The van der Waals surface area contributed by atoms with E-state index in [1.807, 2.05) is 52.8 Å². The summed E-state index contributed by atoms with van der Waals surface area (Å²) in [4.78, 5) is 52.7. The second-order valence-electron chi connectivity index (χ2n) is 10.9. The smallest absolute Gasteiger partial charge is 0.408 e. The maximum atomic E-state index is 13.9. The molecule has 4 amide bonds. The first kappa shape index (κ1) is 30.9. The number of carbonyl (C=O) groups excluding carboxylic acids is 4. The van der Waals surface area contributed by atoms with Crippen molar-refractivity contribution in [3.63, 3.8) is 0 Å². The number of nitrogens with two attached hydrogens (primary N) is 1. The van der Waals surface area contributed by atoms with Crippen molar-refractivity contribution in [1.82, 2.24) is 15.5 Å². The normalized spacial score (nSPS) is 13.4. The predicted molar refractivity (Wildman–Crippen MR) is 137 cm³/mol. The van der Waals surface area contributed by atoms with Gasteiger partial charge in [-0.3, -0.25) is 14.4 Å². The van der Waals surface area contributed by atoms with Gasteiger partial charge in [-0.25, -0.2) is 4.79 Å². The zero-order valence-corrected chi connectivity index (χ0v) is 22.7. The number of amides is 4. The number of alkyl carbamates (subject to hydrolysis) is 1. The van der Waals surface area contributed by atoms with Crippen LogP contribution in [0.5, 0.6) is 0 Å². The highest BCUT2D eigenvalue weighted by Gasteiger charge is 2.38. The lowest BCUT2D eigenvalue weighted by atomic mass is 9.92. The van der Waals surface area contributed by atoms with Crippen LogP contribution < -0.4 is 16.4 Å². The number of primary amides is 1. The molecule has 1 rings (SSSR count). The fourth-order valence-corrected chi connectivity index (χ4v) is 3.79. The Hall–Kier alpha value is -3.14. The van der Waals surface area contributed by atoms with Crippen LogP contribution in [0.2, 0.25) is 0 Å². The van der Waals surface area contributed by atoms with Crippen LogP contribution in [-0.2, 0) is 19.1 Å². The third-order valence-corrected chi connectivity index (χ3v) is 5.17. The largest absolute Gasteiger partial charge is 0.444 e. The summed E-state index contributed by atoms with van der Waals surface area (Å²) in [5, 5.41) is 15.3. The number of aliphatic hydroxyl groups is 1. The quantitative estimate of drug-likeness (QED) is 0.382. The average molecular weight is 507 g/mol. The van der Waals surface area contributed by atoms with Crippen LogP contribution >= 0.6 is 0 Å². The first-order valence-corrected chi connectivity index (χ1v) is 12.0. The van der Waals surface area contributed by atoms with Gasteiger partial charge in [-0.1, -0.05) is 18.2 Å². The molecular weight excluding hydrogens is 464 g/mol. The van der Waals surface area contributed by atoms with E-state index >= 15 is 0 Å². The van der Waals surface area contributed by atoms with Crippen molar-refractivity contribution in [1.29, 1.82) is 0 Å². The molecular formula is C26H42N4O6. The molecule has 10 nitrogen and oxygen atoms in total. The summed E-state index contributed by atoms with van der Waals surface area (Å²) in [6, 6.07) is 3.22. The van der Waals surface area contributed by atoms with Crippen molar-refractivity contribution in [3.05, 3.63) is 34.9 Å². The fraction of sp³-hybridized carbons (Fsp3) is 0.615. The van der Waals surface area contributed by atoms with Gasteiger partial charge in [0.1, 0.15) is 17.7 Å². The number of aliphatic hydroxyl groups excluding tert-OH is 1. The van der Waals surface area contributed by atoms with Crippen LogP contribution in [0.1, 0.15) is 77.1 Å². The number of hydrogen-bond donors (Lipinski definition) is 4. The molecule has 1 aromatic rings. The minimum atomic E-state index is -1.21. The Morgan fingerprint density at radius 3 is 2.06 bits per heavy atom. The molecule has 202 valence electrons. The Morgan fingerprint density at radius 1 is 1.06 bits per heavy atom. The standard InChI is InChI=1S/C26H42N4O6/c1-16-10-9-11-17(2)20(16)21(22(33)29-25(3,4)5)30(14-15-31)23(34)18(12-13-19(27)32)28-24(35)36-26(6,7)8/h9-11,18,21,31H,12-15H2,1-8H3,(H2,27,32)(H,28,35)(H,29,33). The summed E-state index contributed by atoms with van der Waals surface area (Å²) in [6.45, 7) is 13.6. The van der Waals surface area contributed by atoms with Gasteiger partial charge in [-0.05, 0) is 78.5 Å². The lowest BCUT2D eigenvalue weighted by Crippen LogP contribution is -2.55. The van der Waals surface area contributed by atoms with E-state index in [0.717, 1.165) is 11.1 Å². The zero-order chi connectivity index (χ0) is 27.8. The Kier molecular flexibility index (Phi) is 10.9. The molecule has 0 aromatic heterocycles. The van der Waals surface area contributed by atoms with Crippen molar-refractivity contribution in [2.45, 2.75) is 91.5 Å². The van der Waals surface area contributed by atoms with Crippen molar-refractivity contribution in [2.24, 2.45) is 5.73 Å². The van der Waals surface area contributed by atoms with Crippen LogP contribution in [0.4, 0.5) is 4.79 Å². The minimum Gasteiger partial charge on any atom is -0.444 e. The van der Waals surface area contributed by atoms with Crippen LogP contribution in [0.25, 0.3) is 0 Å². The van der Waals surface area contributed by atoms with Crippen molar-refractivity contribution in [3.8, 4) is 0 Å². The molecule has 0 aliphatic heterocycles. The lowest BCUT2D eigenvalue weighted by molar-refractivity contribution is -0.144. The molecule has 0 spiro atoms. The van der Waals surface area contributed by atoms with Crippen molar-refractivity contribution >= 4 is 23.8 Å². The van der Waals surface area contributed by atoms with Gasteiger partial charge in [0.2, 0.25) is 17.7 Å². The molecule has 5 N–H and O–H groups in total. The molecule has 36 heavy (non-hydrogen) atoms. The molecule has 2 unspecified atom stereocenters. The Morgan fingerprint density at radius 2 is 1.61 bits per heavy atom. The van der Waals surface area contributed by atoms with E-state index in [4.69, 9.17) is 10.5 Å². The highest BCUT2D eigenvalue weighted by molar-refractivity contribution is 5.93. The van der Waals surface area contributed by atoms with E-state index in [1.54, 1.807) is 20.8 Å². The monoisotopic (exact) mass is 506 g/mol. The molecule has 0 saturated carbocycles. The van der Waals surface area contributed by atoms with Gasteiger partial charge >= 0.3 is 6.09 Å². The number of carbonyl (C=O) groups is 4. The molecule has 0 bridgehead atoms. The van der Waals surface area contributed by atoms with E-state index in [1.165, 1.54) is 4.90 Å². The van der Waals surface area contributed by atoms with Gasteiger partial charge < -0.3 is 31.1 Å². The van der Waals surface area contributed by atoms with E-state index in [9.17, 15) is 24.3 Å². The molecule has 0 saturated heterocycles. The summed E-state index contributed by atoms with van der Waals surface area (Å²) in [5.41, 5.74) is 6.08. The fourth-order valence-electron chi connectivity index (χ4n) is 3.79. The van der Waals surface area contributed by atoms with Gasteiger partial charge in [0.25, 0.3) is 0 Å². The van der Waals surface area contributed by atoms with Crippen LogP contribution in [0, 0.1) is 13.8 Å². The number of hydrogen-bond acceptors (Lipinski definition) is 6. The summed E-state index contributed by atoms with van der Waals surface area (Å²) < 4.78 is 5.30. The SMILES string of the molecule is Cc1cccc(C)c1C(C(=O)NC(C)(C)C)N(CCO)C(=O)C(CCC(N)=O)NC(=O)OC(C)(C)C. The van der Waals surface area contributed by atoms with E-state index < -0.39 is 53.6 Å². The maximum Gasteiger partial charge on any atom is 0.408 e. The summed E-state index contributed by atoms with van der Waals surface area (Å²) in [5.74, 6) is -1.73. The Labute approximate surface area is 213 Å². The highest BCUT2D eigenvalue weighted by atomic mass is 16.6. The summed E-state index contributed by atoms with van der Waals surface area (Å²) >= 11 is 0. The van der Waals surface area contributed by atoms with Gasteiger partial charge in [-0.2, -0.15) is 0 Å². The molecule has 0 fully saturated rings. The van der Waals surface area contributed by atoms with Gasteiger partial charge in [-0.15, -0.1) is 0 Å². The maximum absolute atomic E-state index is 13.9. The summed E-state index contributed by atoms with van der Waals surface area (Å²) in [7, 11) is 0. The molecule has 0 heterocycles. The minimum absolute atomic E-state index is 0.101. The number of benzene rings is 1. The van der Waals surface area contributed by atoms with Crippen LogP contribution in [0.3, 0.4) is 0 Å². The molecule has 10 heteroatoms. The number of ether oxygens (including phenoxy) is 1. The number of rotatable bonds is 10. The predicted octanol–water partition coefficient (Wildman–Crippen LogP) is 2.24. The summed E-state index contributed by atoms with van der Waals surface area (Å²) in [6.07, 6.45) is -1.13. The highest BCUT2D eigenvalue weighted by Crippen LogP contribution is 2.29. The van der Waals surface area contributed by atoms with Crippen LogP contribution in [-0.4, -0.2) is 64.2 Å². The average Bonchev–Trinajstić information content (AvgIpc) is 2.69. The lowest BCUT2D eigenvalue weighted by Gasteiger charge is -2.36. The first-order valence-electron chi connectivity index (χ1n) is 12.0. The Bertz CT molecular complexity index is 928. The first-order chi connectivity index (χ1) is 16.5. The topological polar surface area (TPSA) is 151 Å². The molecule has 0 aliphatic carbocycles. The number of aryl methyl sites for hydroxylation is 2. The van der Waals surface area contributed by atoms with Crippen molar-refractivity contribution < 1.29 is 29.0 Å². The Balaban J connectivity index is 3.57. The van der Waals surface area contributed by atoms with Crippen molar-refractivity contribution in [2.75, 3.05) is 13.2 Å². The third-order valence-electron chi connectivity index (χ3n) is 5.17. The molecule has 1 aromatic carbocycles. The second-order valence-corrected chi connectivity index (χ2v) is 10.9. The number of nitrogens with one attached hydrogen (secondary N) is 2. The van der Waals surface area contributed by atoms with Gasteiger partial charge in [0, 0.05) is 18.5 Å². The molecule has 0 aliphatic rings. The van der Waals surface area contributed by atoms with E-state index in [2.05, 4.69) is 10.6 Å². The molecule has 2 atom stereocenters. The number of nitrogens with zero attached hydrogens (tertiary/aromatic N) is 1. The van der Waals surface area contributed by atoms with Gasteiger partial charge in [0.05, 0.1) is 6.61 Å². The van der Waals surface area contributed by atoms with E-state index in [0.29, 0.717) is 5.56 Å². The molecule has 0 radical (unpaired) electrons. The van der Waals surface area contributed by atoms with Gasteiger partial charge in [0.15, 0.2) is 0 Å². The third kappa shape index (κ3) is 9.85. The van der Waals surface area contributed by atoms with Crippen LogP contribution in [0.15, 0.2) is 18.2 Å². The zero-order valence-electron chi connectivity index (χ0n) is 22.7.